The van der Waals surface area contributed by atoms with Crippen molar-refractivity contribution < 1.29 is 9.59 Å². The molecule has 0 bridgehead atoms. The maximum absolute atomic E-state index is 11.5. The summed E-state index contributed by atoms with van der Waals surface area (Å²) in [7, 11) is 3.10. The molecule has 0 unspecified atom stereocenters. The predicted molar refractivity (Wildman–Crippen MR) is 45.1 cm³/mol. The van der Waals surface area contributed by atoms with E-state index in [-0.39, 0.29) is 18.1 Å². The van der Waals surface area contributed by atoms with Crippen LogP contribution in [0.15, 0.2) is 4.99 Å². The Morgan fingerprint density at radius 2 is 2.15 bits per heavy atom. The maximum Gasteiger partial charge on any atom is 0.328 e. The molecule has 2 aliphatic heterocycles. The maximum atomic E-state index is 11.5. The normalized spacial score (nSPS) is 32.2. The number of rotatable bonds is 0. The van der Waals surface area contributed by atoms with Crippen molar-refractivity contribution in [3.63, 3.8) is 0 Å². The molecule has 1 saturated heterocycles. The zero-order valence-corrected chi connectivity index (χ0v) is 7.39. The van der Waals surface area contributed by atoms with Crippen LogP contribution in [0.1, 0.15) is 0 Å². The number of nitrogens with zero attached hydrogens (tertiary/aromatic N) is 3. The fraction of sp³-hybridized carbons (Fsp3) is 0.571. The van der Waals surface area contributed by atoms with Gasteiger partial charge in [0, 0.05) is 14.1 Å². The van der Waals surface area contributed by atoms with Crippen LogP contribution < -0.4 is 5.32 Å². The second-order valence-electron chi connectivity index (χ2n) is 3.13. The molecule has 0 aromatic heterocycles. The molecule has 2 heterocycles. The van der Waals surface area contributed by atoms with Crippen LogP contribution >= 0.6 is 0 Å². The zero-order valence-electron chi connectivity index (χ0n) is 7.39. The predicted octanol–water partition coefficient (Wildman–Crippen LogP) is -1.16. The van der Waals surface area contributed by atoms with E-state index in [4.69, 9.17) is 0 Å². The summed E-state index contributed by atoms with van der Waals surface area (Å²) in [5, 5.41) is 2.81. The number of hydrogen-bond donors (Lipinski definition) is 1. The first-order chi connectivity index (χ1) is 6.13. The Hall–Kier alpha value is -1.59. The zero-order chi connectivity index (χ0) is 9.59. The molecule has 6 nitrogen and oxygen atoms in total. The van der Waals surface area contributed by atoms with Crippen molar-refractivity contribution in [2.45, 2.75) is 12.2 Å². The van der Waals surface area contributed by atoms with E-state index in [0.717, 1.165) is 4.90 Å². The first kappa shape index (κ1) is 8.03. The van der Waals surface area contributed by atoms with Crippen LogP contribution in [0.25, 0.3) is 0 Å². The van der Waals surface area contributed by atoms with Crippen molar-refractivity contribution in [2.75, 3.05) is 14.1 Å². The van der Waals surface area contributed by atoms with Gasteiger partial charge in [-0.05, 0) is 0 Å². The number of nitrogens with one attached hydrogen (secondary N) is 1. The lowest BCUT2D eigenvalue weighted by Gasteiger charge is -2.36. The molecular formula is C7H10N4O2. The lowest BCUT2D eigenvalue weighted by molar-refractivity contribution is -0.133. The molecule has 6 heteroatoms. The van der Waals surface area contributed by atoms with Crippen molar-refractivity contribution in [2.24, 2.45) is 4.99 Å². The van der Waals surface area contributed by atoms with Gasteiger partial charge in [0.15, 0.2) is 6.17 Å². The van der Waals surface area contributed by atoms with Crippen molar-refractivity contribution in [3.8, 4) is 0 Å². The van der Waals surface area contributed by atoms with Gasteiger partial charge in [-0.15, -0.1) is 0 Å². The molecule has 1 N–H and O–H groups in total. The van der Waals surface area contributed by atoms with Gasteiger partial charge in [-0.1, -0.05) is 0 Å². The van der Waals surface area contributed by atoms with Crippen LogP contribution in [-0.2, 0) is 4.79 Å². The van der Waals surface area contributed by atoms with E-state index in [1.54, 1.807) is 7.05 Å². The molecule has 0 saturated carbocycles. The highest BCUT2D eigenvalue weighted by atomic mass is 16.2. The molecule has 2 rings (SSSR count). The van der Waals surface area contributed by atoms with Gasteiger partial charge in [0.2, 0.25) is 0 Å². The highest BCUT2D eigenvalue weighted by Gasteiger charge is 2.44. The first-order valence-corrected chi connectivity index (χ1v) is 3.95. The number of urea groups is 1. The topological polar surface area (TPSA) is 65.0 Å². The third kappa shape index (κ3) is 0.912. The Morgan fingerprint density at radius 3 is 2.85 bits per heavy atom. The lowest BCUT2D eigenvalue weighted by atomic mass is 10.1. The molecule has 0 spiro atoms. The molecule has 1 fully saturated rings. The van der Waals surface area contributed by atoms with E-state index in [1.807, 2.05) is 0 Å². The molecule has 13 heavy (non-hydrogen) atoms. The SMILES string of the molecule is CN1C(=O)[C@H]2NC=N[C@H]2N(C)C1=O. The molecule has 0 aliphatic carbocycles. The standard InChI is InChI=1S/C7H10N4O2/c1-10-5-4(8-3-9-5)6(12)11(2)7(10)13/h3-5H,1-2H3,(H,8,9)/t4-,5-/m0/s1. The quantitative estimate of drug-likeness (QED) is 0.513. The Balaban J connectivity index is 2.32. The molecule has 0 radical (unpaired) electrons. The Morgan fingerprint density at radius 1 is 1.46 bits per heavy atom. The van der Waals surface area contributed by atoms with Crippen LogP contribution in [0.5, 0.6) is 0 Å². The van der Waals surface area contributed by atoms with Gasteiger partial charge in [0.25, 0.3) is 5.91 Å². The number of hydrogen-bond acceptors (Lipinski definition) is 4. The summed E-state index contributed by atoms with van der Waals surface area (Å²) in [6.45, 7) is 0. The number of aliphatic imine (C=N–C) groups is 1. The van der Waals surface area contributed by atoms with Crippen molar-refractivity contribution in [1.82, 2.24) is 15.1 Å². The van der Waals surface area contributed by atoms with Gasteiger partial charge >= 0.3 is 6.03 Å². The summed E-state index contributed by atoms with van der Waals surface area (Å²) < 4.78 is 0. The van der Waals surface area contributed by atoms with Crippen molar-refractivity contribution in [1.29, 1.82) is 0 Å². The van der Waals surface area contributed by atoms with Crippen LogP contribution in [0, 0.1) is 0 Å². The van der Waals surface area contributed by atoms with Crippen LogP contribution in [-0.4, -0.2) is 54.4 Å². The first-order valence-electron chi connectivity index (χ1n) is 3.95. The molecule has 0 aromatic carbocycles. The Labute approximate surface area is 75.2 Å². The van der Waals surface area contributed by atoms with Gasteiger partial charge < -0.3 is 10.2 Å². The molecule has 2 atom stereocenters. The van der Waals surface area contributed by atoms with E-state index < -0.39 is 6.04 Å². The Kier molecular flexibility index (Phi) is 1.51. The van der Waals surface area contributed by atoms with Crippen molar-refractivity contribution >= 4 is 18.3 Å². The largest absolute Gasteiger partial charge is 0.362 e. The number of carbonyl (C=O) groups is 2. The fourth-order valence-electron chi connectivity index (χ4n) is 1.55. The van der Waals surface area contributed by atoms with E-state index in [9.17, 15) is 9.59 Å². The molecule has 70 valence electrons. The van der Waals surface area contributed by atoms with Crippen LogP contribution in [0.4, 0.5) is 4.79 Å². The van der Waals surface area contributed by atoms with Crippen LogP contribution in [0.3, 0.4) is 0 Å². The minimum Gasteiger partial charge on any atom is -0.362 e. The smallest absolute Gasteiger partial charge is 0.328 e. The fourth-order valence-corrected chi connectivity index (χ4v) is 1.55. The third-order valence-electron chi connectivity index (χ3n) is 2.36. The number of fused-ring (bicyclic) bond motifs is 1. The summed E-state index contributed by atoms with van der Waals surface area (Å²) in [5.74, 6) is -0.231. The molecule has 2 aliphatic rings. The van der Waals surface area contributed by atoms with Gasteiger partial charge in [-0.3, -0.25) is 9.69 Å². The molecule has 3 amide bonds. The summed E-state index contributed by atoms with van der Waals surface area (Å²) in [6, 6.07) is -0.722. The lowest BCUT2D eigenvalue weighted by Crippen LogP contribution is -2.62. The van der Waals surface area contributed by atoms with E-state index >= 15 is 0 Å². The molecule has 0 aromatic rings. The van der Waals surface area contributed by atoms with Gasteiger partial charge in [0.05, 0.1) is 6.34 Å². The summed E-state index contributed by atoms with van der Waals surface area (Å²) in [5.41, 5.74) is 0. The van der Waals surface area contributed by atoms with Crippen LogP contribution in [0.2, 0.25) is 0 Å². The highest BCUT2D eigenvalue weighted by molar-refractivity contribution is 6.01. The monoisotopic (exact) mass is 182 g/mol. The number of carbonyl (C=O) groups excluding carboxylic acids is 2. The van der Waals surface area contributed by atoms with E-state index in [0.29, 0.717) is 0 Å². The average molecular weight is 182 g/mol. The number of amides is 3. The second kappa shape index (κ2) is 2.45. The van der Waals surface area contributed by atoms with Crippen molar-refractivity contribution in [3.05, 3.63) is 0 Å². The van der Waals surface area contributed by atoms with Gasteiger partial charge in [-0.25, -0.2) is 9.79 Å². The van der Waals surface area contributed by atoms with E-state index in [1.165, 1.54) is 18.3 Å². The molecular weight excluding hydrogens is 172 g/mol. The summed E-state index contributed by atoms with van der Waals surface area (Å²) >= 11 is 0. The van der Waals surface area contributed by atoms with Gasteiger partial charge in [-0.2, -0.15) is 0 Å². The van der Waals surface area contributed by atoms with E-state index in [2.05, 4.69) is 10.3 Å². The summed E-state index contributed by atoms with van der Waals surface area (Å²) in [4.78, 5) is 29.4. The summed E-state index contributed by atoms with van der Waals surface area (Å²) in [6.07, 6.45) is 1.09. The minimum atomic E-state index is -0.410. The third-order valence-corrected chi connectivity index (χ3v) is 2.36. The number of likely N-dealkylation sites (N-methyl/N-ethyl adjacent to an activating group) is 2. The second-order valence-corrected chi connectivity index (χ2v) is 3.13. The Bertz CT molecular complexity index is 301. The minimum absolute atomic E-state index is 0.231. The number of imide groups is 1. The average Bonchev–Trinajstić information content (AvgIpc) is 2.59. The van der Waals surface area contributed by atoms with Gasteiger partial charge in [0.1, 0.15) is 6.04 Å². The highest BCUT2D eigenvalue weighted by Crippen LogP contribution is 2.17.